The maximum Gasteiger partial charge on any atom is 0.189 e. The Kier molecular flexibility index (Phi) is 7.26. The predicted molar refractivity (Wildman–Crippen MR) is 145 cm³/mol. The van der Waals surface area contributed by atoms with E-state index in [2.05, 4.69) is 20.8 Å². The van der Waals surface area contributed by atoms with Gasteiger partial charge in [-0.15, -0.1) is 0 Å². The van der Waals surface area contributed by atoms with Crippen molar-refractivity contribution in [2.45, 2.75) is 51.2 Å². The zero-order valence-electron chi connectivity index (χ0n) is 22.4. The van der Waals surface area contributed by atoms with Crippen molar-refractivity contribution in [2.24, 2.45) is 5.41 Å². The Hall–Kier alpha value is -3.84. The van der Waals surface area contributed by atoms with Gasteiger partial charge >= 0.3 is 0 Å². The summed E-state index contributed by atoms with van der Waals surface area (Å²) in [6.45, 7) is 6.36. The molecule has 1 aliphatic heterocycles. The molecule has 0 amide bonds. The molecule has 4 rings (SSSR count). The van der Waals surface area contributed by atoms with Gasteiger partial charge in [0.1, 0.15) is 5.60 Å². The number of epoxide rings is 1. The van der Waals surface area contributed by atoms with Crippen LogP contribution in [0.5, 0.6) is 23.0 Å². The average molecular weight is 519 g/mol. The molecule has 2 N–H and O–H groups in total. The molecule has 0 bridgehead atoms. The summed E-state index contributed by atoms with van der Waals surface area (Å²) in [5, 5.41) is 19.8. The highest BCUT2D eigenvalue weighted by atomic mass is 16.6. The van der Waals surface area contributed by atoms with Gasteiger partial charge in [0.25, 0.3) is 0 Å². The number of carbonyl (C=O) groups excluding carboxylic acids is 2. The third kappa shape index (κ3) is 4.98. The van der Waals surface area contributed by atoms with Gasteiger partial charge in [0, 0.05) is 5.41 Å². The van der Waals surface area contributed by atoms with Gasteiger partial charge in [-0.2, -0.15) is 0 Å². The Bertz CT molecular complexity index is 1350. The molecule has 1 heterocycles. The number of carbonyl (C=O) groups is 2. The van der Waals surface area contributed by atoms with Crippen molar-refractivity contribution in [1.29, 1.82) is 0 Å². The lowest BCUT2D eigenvalue weighted by Gasteiger charge is -2.36. The van der Waals surface area contributed by atoms with Gasteiger partial charge in [0.2, 0.25) is 0 Å². The molecule has 2 fully saturated rings. The fraction of sp³-hybridized carbons (Fsp3) is 0.355. The largest absolute Gasteiger partial charge is 0.504 e. The highest BCUT2D eigenvalue weighted by Gasteiger charge is 2.73. The number of aromatic hydroxyl groups is 2. The molecule has 1 aliphatic carbocycles. The maximum atomic E-state index is 13.5. The van der Waals surface area contributed by atoms with Crippen LogP contribution in [0.3, 0.4) is 0 Å². The van der Waals surface area contributed by atoms with Crippen LogP contribution in [-0.2, 0) is 14.3 Å². The van der Waals surface area contributed by atoms with Crippen molar-refractivity contribution < 1.29 is 34.0 Å². The van der Waals surface area contributed by atoms with Gasteiger partial charge in [0.05, 0.1) is 25.4 Å². The standard InChI is InChI=1S/C31H34O7/c1-29(2)14-6-15-30(3)31(29,38-30)16-13-24(33)22(17-21-9-12-26(35)28(19-21)37-5)23(32)10-7-20-8-11-25(34)27(18-20)36-4/h7-13,16-19,34-35H,6,14-15H2,1-5H3. The molecule has 0 spiro atoms. The van der Waals surface area contributed by atoms with E-state index < -0.39 is 17.2 Å². The maximum absolute atomic E-state index is 13.5. The summed E-state index contributed by atoms with van der Waals surface area (Å²) in [6.07, 6.45) is 10.6. The summed E-state index contributed by atoms with van der Waals surface area (Å²) in [5.41, 5.74) is 0.0690. The van der Waals surface area contributed by atoms with Crippen molar-refractivity contribution >= 4 is 23.7 Å². The van der Waals surface area contributed by atoms with E-state index in [9.17, 15) is 19.8 Å². The quantitative estimate of drug-likeness (QED) is 0.191. The fourth-order valence-electron chi connectivity index (χ4n) is 5.47. The number of phenolic OH excluding ortho intramolecular Hbond substituents is 2. The molecule has 0 aromatic heterocycles. The van der Waals surface area contributed by atoms with Gasteiger partial charge in [-0.05, 0) is 85.9 Å². The first-order valence-corrected chi connectivity index (χ1v) is 12.6. The first kappa shape index (κ1) is 27.2. The van der Waals surface area contributed by atoms with E-state index in [1.165, 1.54) is 44.6 Å². The van der Waals surface area contributed by atoms with E-state index in [1.807, 2.05) is 6.08 Å². The van der Waals surface area contributed by atoms with E-state index in [0.717, 1.165) is 19.3 Å². The van der Waals surface area contributed by atoms with Crippen LogP contribution in [0, 0.1) is 5.41 Å². The third-order valence-electron chi connectivity index (χ3n) is 7.74. The molecular weight excluding hydrogens is 484 g/mol. The van der Waals surface area contributed by atoms with E-state index in [1.54, 1.807) is 30.3 Å². The normalized spacial score (nSPS) is 24.3. The van der Waals surface area contributed by atoms with Gasteiger partial charge in [-0.1, -0.05) is 32.1 Å². The van der Waals surface area contributed by atoms with E-state index in [-0.39, 0.29) is 39.6 Å². The van der Waals surface area contributed by atoms with E-state index in [4.69, 9.17) is 14.2 Å². The predicted octanol–water partition coefficient (Wildman–Crippen LogP) is 5.64. The summed E-state index contributed by atoms with van der Waals surface area (Å²) >= 11 is 0. The fourth-order valence-corrected chi connectivity index (χ4v) is 5.47. The average Bonchev–Trinajstić information content (AvgIpc) is 3.53. The number of allylic oxidation sites excluding steroid dienone is 3. The van der Waals surface area contributed by atoms with Crippen LogP contribution < -0.4 is 9.47 Å². The Morgan fingerprint density at radius 2 is 1.45 bits per heavy atom. The number of hydrogen-bond acceptors (Lipinski definition) is 7. The number of phenols is 2. The smallest absolute Gasteiger partial charge is 0.189 e. The molecule has 7 nitrogen and oxygen atoms in total. The molecule has 200 valence electrons. The zero-order valence-corrected chi connectivity index (χ0v) is 22.4. The number of fused-ring (bicyclic) bond motifs is 1. The summed E-state index contributed by atoms with van der Waals surface area (Å²) < 4.78 is 16.5. The Morgan fingerprint density at radius 1 is 0.868 bits per heavy atom. The van der Waals surface area contributed by atoms with Crippen LogP contribution in [0.25, 0.3) is 12.2 Å². The van der Waals surface area contributed by atoms with Crippen LogP contribution in [0.2, 0.25) is 0 Å². The molecule has 2 aromatic rings. The van der Waals surface area contributed by atoms with Crippen molar-refractivity contribution in [1.82, 2.24) is 0 Å². The number of ether oxygens (including phenoxy) is 3. The summed E-state index contributed by atoms with van der Waals surface area (Å²) in [5.74, 6) is -0.522. The number of ketones is 2. The number of rotatable bonds is 9. The Balaban J connectivity index is 1.68. The van der Waals surface area contributed by atoms with Crippen LogP contribution in [0.4, 0.5) is 0 Å². The monoisotopic (exact) mass is 518 g/mol. The highest BCUT2D eigenvalue weighted by molar-refractivity contribution is 6.30. The molecule has 2 aliphatic rings. The second-order valence-electron chi connectivity index (χ2n) is 10.6. The SMILES string of the molecule is COc1cc(C=CC(=O)C(=Cc2ccc(O)c(OC)c2)C(=O)C=CC23OC2(C)CCCC3(C)C)ccc1O. The van der Waals surface area contributed by atoms with Crippen molar-refractivity contribution in [3.8, 4) is 23.0 Å². The molecule has 2 atom stereocenters. The number of benzene rings is 2. The topological polar surface area (TPSA) is 106 Å². The Labute approximate surface area is 223 Å². The lowest BCUT2D eigenvalue weighted by Crippen LogP contribution is -2.41. The van der Waals surface area contributed by atoms with Crippen molar-refractivity contribution in [2.75, 3.05) is 14.2 Å². The lowest BCUT2D eigenvalue weighted by atomic mass is 9.64. The van der Waals surface area contributed by atoms with Crippen LogP contribution in [-0.4, -0.2) is 47.2 Å². The lowest BCUT2D eigenvalue weighted by molar-refractivity contribution is -0.116. The van der Waals surface area contributed by atoms with E-state index >= 15 is 0 Å². The molecule has 2 unspecified atom stereocenters. The van der Waals surface area contributed by atoms with Crippen molar-refractivity contribution in [3.05, 3.63) is 71.3 Å². The van der Waals surface area contributed by atoms with Gasteiger partial charge in [-0.25, -0.2) is 0 Å². The van der Waals surface area contributed by atoms with E-state index in [0.29, 0.717) is 11.1 Å². The van der Waals surface area contributed by atoms with Gasteiger partial charge in [0.15, 0.2) is 34.6 Å². The second-order valence-corrected chi connectivity index (χ2v) is 10.6. The van der Waals surface area contributed by atoms with Gasteiger partial charge in [-0.3, -0.25) is 9.59 Å². The molecule has 1 saturated carbocycles. The van der Waals surface area contributed by atoms with Crippen LogP contribution in [0.1, 0.15) is 51.2 Å². The first-order valence-electron chi connectivity index (χ1n) is 12.6. The molecule has 38 heavy (non-hydrogen) atoms. The minimum Gasteiger partial charge on any atom is -0.504 e. The summed E-state index contributed by atoms with van der Waals surface area (Å²) in [7, 11) is 2.86. The van der Waals surface area contributed by atoms with Crippen LogP contribution in [0.15, 0.2) is 60.2 Å². The highest BCUT2D eigenvalue weighted by Crippen LogP contribution is 2.66. The number of hydrogen-bond donors (Lipinski definition) is 2. The molecule has 0 radical (unpaired) electrons. The second kappa shape index (κ2) is 10.1. The molecule has 1 saturated heterocycles. The minimum absolute atomic E-state index is 0.0162. The Morgan fingerprint density at radius 3 is 2.05 bits per heavy atom. The first-order chi connectivity index (χ1) is 17.9. The third-order valence-corrected chi connectivity index (χ3v) is 7.74. The zero-order chi connectivity index (χ0) is 27.7. The molecule has 7 heteroatoms. The minimum atomic E-state index is -0.553. The number of methoxy groups -OCH3 is 2. The summed E-state index contributed by atoms with van der Waals surface area (Å²) in [4.78, 5) is 26.8. The van der Waals surface area contributed by atoms with Gasteiger partial charge < -0.3 is 24.4 Å². The summed E-state index contributed by atoms with van der Waals surface area (Å²) in [6, 6.07) is 9.28. The molecule has 2 aromatic carbocycles. The molecular formula is C31H34O7. The van der Waals surface area contributed by atoms with Crippen molar-refractivity contribution in [3.63, 3.8) is 0 Å². The van der Waals surface area contributed by atoms with Crippen LogP contribution >= 0.6 is 0 Å².